The van der Waals surface area contributed by atoms with Crippen LogP contribution in [0.5, 0.6) is 0 Å². The van der Waals surface area contributed by atoms with E-state index in [1.54, 1.807) is 12.1 Å². The van der Waals surface area contributed by atoms with E-state index in [9.17, 15) is 9.18 Å². The summed E-state index contributed by atoms with van der Waals surface area (Å²) in [7, 11) is 0. The first-order valence-electron chi connectivity index (χ1n) is 8.87. The molecule has 0 radical (unpaired) electrons. The van der Waals surface area contributed by atoms with Crippen molar-refractivity contribution in [3.8, 4) is 0 Å². The quantitative estimate of drug-likeness (QED) is 0.488. The summed E-state index contributed by atoms with van der Waals surface area (Å²) in [6.45, 7) is 0. The maximum absolute atomic E-state index is 13.6. The van der Waals surface area contributed by atoms with Crippen LogP contribution in [0.4, 0.5) is 4.39 Å². The molecule has 5 heteroatoms. The molecule has 0 unspecified atom stereocenters. The lowest BCUT2D eigenvalue weighted by Gasteiger charge is -2.24. The number of fused-ring (bicyclic) bond motifs is 4. The highest BCUT2D eigenvalue weighted by Gasteiger charge is 2.26. The van der Waals surface area contributed by atoms with Crippen molar-refractivity contribution < 1.29 is 9.18 Å². The Morgan fingerprint density at radius 1 is 1.12 bits per heavy atom. The molecule has 26 heavy (non-hydrogen) atoms. The van der Waals surface area contributed by atoms with E-state index in [0.717, 1.165) is 52.3 Å². The molecule has 130 valence electrons. The third-order valence-electron chi connectivity index (χ3n) is 5.31. The second-order valence-corrected chi connectivity index (χ2v) is 6.87. The number of aromatic nitrogens is 2. The zero-order valence-corrected chi connectivity index (χ0v) is 14.1. The van der Waals surface area contributed by atoms with Crippen molar-refractivity contribution >= 4 is 27.7 Å². The van der Waals surface area contributed by atoms with Gasteiger partial charge in [0, 0.05) is 39.3 Å². The largest absolute Gasteiger partial charge is 0.361 e. The monoisotopic (exact) mass is 347 g/mol. The van der Waals surface area contributed by atoms with Crippen LogP contribution in [0.25, 0.3) is 21.8 Å². The molecule has 4 nitrogen and oxygen atoms in total. The van der Waals surface area contributed by atoms with E-state index in [1.165, 1.54) is 6.07 Å². The van der Waals surface area contributed by atoms with Crippen LogP contribution in [-0.4, -0.2) is 15.9 Å². The zero-order chi connectivity index (χ0) is 17.7. The van der Waals surface area contributed by atoms with E-state index in [4.69, 9.17) is 0 Å². The van der Waals surface area contributed by atoms with Gasteiger partial charge >= 0.3 is 0 Å². The summed E-state index contributed by atoms with van der Waals surface area (Å²) < 4.78 is 13.6. The van der Waals surface area contributed by atoms with E-state index >= 15 is 0 Å². The van der Waals surface area contributed by atoms with Crippen LogP contribution in [0.3, 0.4) is 0 Å². The highest BCUT2D eigenvalue weighted by Crippen LogP contribution is 2.35. The van der Waals surface area contributed by atoms with Crippen LogP contribution in [-0.2, 0) is 6.42 Å². The minimum Gasteiger partial charge on any atom is -0.361 e. The number of benzene rings is 2. The molecule has 3 N–H and O–H groups in total. The van der Waals surface area contributed by atoms with E-state index in [-0.39, 0.29) is 17.8 Å². The Kier molecular flexibility index (Phi) is 3.35. The molecule has 0 bridgehead atoms. The molecule has 1 atom stereocenters. The van der Waals surface area contributed by atoms with Crippen molar-refractivity contribution in [2.24, 2.45) is 0 Å². The average Bonchev–Trinajstić information content (AvgIpc) is 3.26. The number of nitrogens with one attached hydrogen (secondary N) is 3. The highest BCUT2D eigenvalue weighted by molar-refractivity contribution is 6.06. The lowest BCUT2D eigenvalue weighted by molar-refractivity contribution is 0.0933. The zero-order valence-electron chi connectivity index (χ0n) is 14.1. The Hall–Kier alpha value is -3.08. The number of carbonyl (C=O) groups is 1. The molecule has 4 aromatic rings. The minimum atomic E-state index is -0.232. The fraction of sp³-hybridized carbons (Fsp3) is 0.190. The molecular weight excluding hydrogens is 329 g/mol. The van der Waals surface area contributed by atoms with Crippen molar-refractivity contribution in [2.45, 2.75) is 25.3 Å². The fourth-order valence-electron chi connectivity index (χ4n) is 4.10. The van der Waals surface area contributed by atoms with Crippen LogP contribution in [0.15, 0.2) is 48.7 Å². The molecule has 0 saturated heterocycles. The Bertz CT molecular complexity index is 1140. The van der Waals surface area contributed by atoms with Crippen molar-refractivity contribution in [3.63, 3.8) is 0 Å². The molecule has 1 amide bonds. The number of carbonyl (C=O) groups excluding carboxylic acids is 1. The van der Waals surface area contributed by atoms with Crippen molar-refractivity contribution in [3.05, 3.63) is 71.3 Å². The molecule has 1 aliphatic rings. The summed E-state index contributed by atoms with van der Waals surface area (Å²) in [5, 5.41) is 5.01. The maximum Gasteiger partial charge on any atom is 0.252 e. The van der Waals surface area contributed by atoms with Crippen LogP contribution in [0, 0.1) is 5.82 Å². The van der Waals surface area contributed by atoms with Crippen molar-refractivity contribution in [1.82, 2.24) is 15.3 Å². The van der Waals surface area contributed by atoms with Gasteiger partial charge in [0.1, 0.15) is 5.82 Å². The van der Waals surface area contributed by atoms with Crippen molar-refractivity contribution in [1.29, 1.82) is 0 Å². The number of H-pyrrole nitrogens is 2. The molecule has 2 aromatic heterocycles. The van der Waals surface area contributed by atoms with Gasteiger partial charge in [0.2, 0.25) is 0 Å². The predicted molar refractivity (Wildman–Crippen MR) is 99.7 cm³/mol. The van der Waals surface area contributed by atoms with Gasteiger partial charge in [-0.05, 0) is 61.2 Å². The van der Waals surface area contributed by atoms with Gasteiger partial charge in [0.25, 0.3) is 5.91 Å². The molecule has 5 rings (SSSR count). The Morgan fingerprint density at radius 2 is 2.04 bits per heavy atom. The van der Waals surface area contributed by atoms with Gasteiger partial charge in [-0.3, -0.25) is 4.79 Å². The molecule has 0 fully saturated rings. The summed E-state index contributed by atoms with van der Waals surface area (Å²) in [6.07, 6.45) is 4.58. The Balaban J connectivity index is 1.52. The molecule has 0 aliphatic heterocycles. The third-order valence-corrected chi connectivity index (χ3v) is 5.31. The smallest absolute Gasteiger partial charge is 0.252 e. The number of aryl methyl sites for hydroxylation is 1. The van der Waals surface area contributed by atoms with E-state index in [1.807, 2.05) is 30.5 Å². The molecule has 0 spiro atoms. The van der Waals surface area contributed by atoms with Crippen LogP contribution in [0.1, 0.15) is 40.5 Å². The summed E-state index contributed by atoms with van der Waals surface area (Å²) >= 11 is 0. The minimum absolute atomic E-state index is 0.0853. The van der Waals surface area contributed by atoms with Gasteiger partial charge in [-0.25, -0.2) is 4.39 Å². The number of amides is 1. The van der Waals surface area contributed by atoms with Crippen LogP contribution >= 0.6 is 0 Å². The molecule has 2 heterocycles. The normalized spacial score (nSPS) is 16.7. The van der Waals surface area contributed by atoms with E-state index in [0.29, 0.717) is 5.56 Å². The first-order chi connectivity index (χ1) is 12.7. The summed E-state index contributed by atoms with van der Waals surface area (Å²) in [4.78, 5) is 19.4. The fourth-order valence-corrected chi connectivity index (χ4v) is 4.10. The van der Waals surface area contributed by atoms with Gasteiger partial charge in [-0.15, -0.1) is 0 Å². The predicted octanol–water partition coefficient (Wildman–Crippen LogP) is 4.60. The van der Waals surface area contributed by atoms with Crippen LogP contribution in [0.2, 0.25) is 0 Å². The van der Waals surface area contributed by atoms with E-state index < -0.39 is 0 Å². The van der Waals surface area contributed by atoms with Gasteiger partial charge in [-0.1, -0.05) is 6.07 Å². The average molecular weight is 347 g/mol. The second kappa shape index (κ2) is 5.73. The summed E-state index contributed by atoms with van der Waals surface area (Å²) in [5.74, 6) is -0.317. The van der Waals surface area contributed by atoms with Gasteiger partial charge in [0.15, 0.2) is 0 Å². The topological polar surface area (TPSA) is 60.7 Å². The number of hydrogen-bond acceptors (Lipinski definition) is 1. The maximum atomic E-state index is 13.6. The SMILES string of the molecule is O=C(N[C@@H]1CCCc2c1[nH]c1ccc(F)cc21)c1cccc2[nH]ccc12. The van der Waals surface area contributed by atoms with Crippen molar-refractivity contribution in [2.75, 3.05) is 0 Å². The van der Waals surface area contributed by atoms with Gasteiger partial charge in [-0.2, -0.15) is 0 Å². The Morgan fingerprint density at radius 3 is 2.96 bits per heavy atom. The summed E-state index contributed by atoms with van der Waals surface area (Å²) in [6, 6.07) is 12.3. The first kappa shape index (κ1) is 15.2. The molecule has 2 aromatic carbocycles. The Labute approximate surface area is 149 Å². The number of halogens is 1. The number of hydrogen-bond donors (Lipinski definition) is 3. The lowest BCUT2D eigenvalue weighted by Crippen LogP contribution is -2.31. The van der Waals surface area contributed by atoms with Crippen LogP contribution < -0.4 is 5.32 Å². The van der Waals surface area contributed by atoms with Gasteiger partial charge < -0.3 is 15.3 Å². The standard InChI is InChI=1S/C21H18FN3O/c22-12-7-8-18-16(11-12)14-3-1-6-19(20(14)24-18)25-21(26)15-4-2-5-17-13(15)9-10-23-17/h2,4-5,7-11,19,23-24H,1,3,6H2,(H,25,26)/t19-/m1/s1. The van der Waals surface area contributed by atoms with E-state index in [2.05, 4.69) is 15.3 Å². The number of rotatable bonds is 2. The highest BCUT2D eigenvalue weighted by atomic mass is 19.1. The third kappa shape index (κ3) is 2.31. The lowest BCUT2D eigenvalue weighted by atomic mass is 9.91. The number of aromatic amines is 2. The first-order valence-corrected chi connectivity index (χ1v) is 8.87. The summed E-state index contributed by atoms with van der Waals surface area (Å²) in [5.41, 5.74) is 4.66. The molecule has 1 aliphatic carbocycles. The molecular formula is C21H18FN3O. The van der Waals surface area contributed by atoms with Gasteiger partial charge in [0.05, 0.1) is 6.04 Å². The molecule has 0 saturated carbocycles. The second-order valence-electron chi connectivity index (χ2n) is 6.87.